The minimum atomic E-state index is 0.495. The number of aromatic nitrogens is 1. The molecule has 2 nitrogen and oxygen atoms in total. The summed E-state index contributed by atoms with van der Waals surface area (Å²) in [6, 6.07) is 14.5. The SMILES string of the molecule is Cc1cc2c(-c3ccccc3)noc2cc1C(C)C. The van der Waals surface area contributed by atoms with E-state index in [1.165, 1.54) is 11.1 Å². The monoisotopic (exact) mass is 251 g/mol. The fourth-order valence-electron chi connectivity index (χ4n) is 2.53. The molecule has 0 N–H and O–H groups in total. The van der Waals surface area contributed by atoms with E-state index < -0.39 is 0 Å². The van der Waals surface area contributed by atoms with Crippen LogP contribution in [0.25, 0.3) is 22.2 Å². The van der Waals surface area contributed by atoms with E-state index in [1.807, 2.05) is 18.2 Å². The molecule has 0 aliphatic heterocycles. The van der Waals surface area contributed by atoms with E-state index in [4.69, 9.17) is 4.52 Å². The van der Waals surface area contributed by atoms with Crippen LogP contribution in [-0.2, 0) is 0 Å². The standard InChI is InChI=1S/C17H17NO/c1-11(2)14-10-16-15(9-12(14)3)17(18-19-16)13-7-5-4-6-8-13/h4-11H,1-3H3. The molecule has 0 amide bonds. The third-order valence-electron chi connectivity index (χ3n) is 3.53. The van der Waals surface area contributed by atoms with Crippen molar-refractivity contribution in [2.24, 2.45) is 0 Å². The van der Waals surface area contributed by atoms with E-state index in [1.54, 1.807) is 0 Å². The van der Waals surface area contributed by atoms with Crippen molar-refractivity contribution in [2.45, 2.75) is 26.7 Å². The predicted molar refractivity (Wildman–Crippen MR) is 78.3 cm³/mol. The fraction of sp³-hybridized carbons (Fsp3) is 0.235. The lowest BCUT2D eigenvalue weighted by atomic mass is 9.95. The van der Waals surface area contributed by atoms with Crippen molar-refractivity contribution in [2.75, 3.05) is 0 Å². The van der Waals surface area contributed by atoms with Gasteiger partial charge in [-0.1, -0.05) is 49.3 Å². The molecule has 0 unspecified atom stereocenters. The topological polar surface area (TPSA) is 26.0 Å². The third-order valence-corrected chi connectivity index (χ3v) is 3.53. The lowest BCUT2D eigenvalue weighted by molar-refractivity contribution is 0.459. The van der Waals surface area contributed by atoms with Crippen LogP contribution in [0.4, 0.5) is 0 Å². The Hall–Kier alpha value is -2.09. The van der Waals surface area contributed by atoms with E-state index in [9.17, 15) is 0 Å². The Bertz CT molecular complexity index is 711. The Labute approximate surface area is 113 Å². The minimum absolute atomic E-state index is 0.495. The van der Waals surface area contributed by atoms with E-state index in [2.05, 4.69) is 50.2 Å². The quantitative estimate of drug-likeness (QED) is 0.645. The van der Waals surface area contributed by atoms with E-state index in [0.29, 0.717) is 5.92 Å². The molecule has 1 aromatic heterocycles. The lowest BCUT2D eigenvalue weighted by Gasteiger charge is -2.08. The predicted octanol–water partition coefficient (Wildman–Crippen LogP) is 4.93. The van der Waals surface area contributed by atoms with Gasteiger partial charge in [0.25, 0.3) is 0 Å². The summed E-state index contributed by atoms with van der Waals surface area (Å²) in [5, 5.41) is 5.32. The van der Waals surface area contributed by atoms with Crippen LogP contribution in [0.3, 0.4) is 0 Å². The van der Waals surface area contributed by atoms with Crippen molar-refractivity contribution in [3.05, 3.63) is 53.6 Å². The molecule has 0 fully saturated rings. The van der Waals surface area contributed by atoms with Crippen LogP contribution in [-0.4, -0.2) is 5.16 Å². The zero-order valence-electron chi connectivity index (χ0n) is 11.5. The first kappa shape index (κ1) is 12.0. The van der Waals surface area contributed by atoms with Gasteiger partial charge in [-0.25, -0.2) is 0 Å². The molecule has 0 spiro atoms. The van der Waals surface area contributed by atoms with Crippen LogP contribution in [0.2, 0.25) is 0 Å². The molecule has 0 atom stereocenters. The number of hydrogen-bond donors (Lipinski definition) is 0. The van der Waals surface area contributed by atoms with Gasteiger partial charge >= 0.3 is 0 Å². The molecule has 0 saturated heterocycles. The van der Waals surface area contributed by atoms with Gasteiger partial charge in [-0.2, -0.15) is 0 Å². The van der Waals surface area contributed by atoms with Crippen molar-refractivity contribution < 1.29 is 4.52 Å². The van der Waals surface area contributed by atoms with E-state index in [-0.39, 0.29) is 0 Å². The zero-order valence-corrected chi connectivity index (χ0v) is 11.5. The molecule has 2 heteroatoms. The number of nitrogens with zero attached hydrogens (tertiary/aromatic N) is 1. The summed E-state index contributed by atoms with van der Waals surface area (Å²) in [6.45, 7) is 6.54. The van der Waals surface area contributed by atoms with Gasteiger partial charge in [0, 0.05) is 10.9 Å². The van der Waals surface area contributed by atoms with Gasteiger partial charge in [-0.15, -0.1) is 0 Å². The molecular weight excluding hydrogens is 234 g/mol. The molecule has 3 aromatic rings. The van der Waals surface area contributed by atoms with Crippen molar-refractivity contribution >= 4 is 11.0 Å². The maximum atomic E-state index is 5.50. The average Bonchev–Trinajstić information content (AvgIpc) is 2.81. The largest absolute Gasteiger partial charge is 0.356 e. The molecule has 0 saturated carbocycles. The first-order valence-corrected chi connectivity index (χ1v) is 6.62. The van der Waals surface area contributed by atoms with Crippen molar-refractivity contribution in [3.8, 4) is 11.3 Å². The second-order valence-corrected chi connectivity index (χ2v) is 5.26. The number of benzene rings is 2. The molecule has 0 aliphatic carbocycles. The van der Waals surface area contributed by atoms with Crippen LogP contribution in [0, 0.1) is 6.92 Å². The van der Waals surface area contributed by atoms with Gasteiger partial charge in [-0.05, 0) is 36.1 Å². The van der Waals surface area contributed by atoms with Crippen molar-refractivity contribution in [3.63, 3.8) is 0 Å². The number of aryl methyl sites for hydroxylation is 1. The van der Waals surface area contributed by atoms with Crippen LogP contribution in [0.15, 0.2) is 47.0 Å². The number of hydrogen-bond acceptors (Lipinski definition) is 2. The first-order valence-electron chi connectivity index (χ1n) is 6.62. The smallest absolute Gasteiger partial charge is 0.167 e. The summed E-state index contributed by atoms with van der Waals surface area (Å²) in [5.74, 6) is 0.495. The molecule has 0 bridgehead atoms. The van der Waals surface area contributed by atoms with Crippen molar-refractivity contribution in [1.29, 1.82) is 0 Å². The molecule has 2 aromatic carbocycles. The highest BCUT2D eigenvalue weighted by Crippen LogP contribution is 2.32. The van der Waals surface area contributed by atoms with Gasteiger partial charge in [0.2, 0.25) is 0 Å². The molecule has 0 aliphatic rings. The summed E-state index contributed by atoms with van der Waals surface area (Å²) in [5.41, 5.74) is 5.51. The lowest BCUT2D eigenvalue weighted by Crippen LogP contribution is -1.91. The van der Waals surface area contributed by atoms with E-state index in [0.717, 1.165) is 22.2 Å². The summed E-state index contributed by atoms with van der Waals surface area (Å²) in [4.78, 5) is 0. The second-order valence-electron chi connectivity index (χ2n) is 5.26. The summed E-state index contributed by atoms with van der Waals surface area (Å²) < 4.78 is 5.50. The maximum absolute atomic E-state index is 5.50. The number of fused-ring (bicyclic) bond motifs is 1. The summed E-state index contributed by atoms with van der Waals surface area (Å²) in [7, 11) is 0. The Morgan fingerprint density at radius 1 is 1.05 bits per heavy atom. The van der Waals surface area contributed by atoms with E-state index >= 15 is 0 Å². The second kappa shape index (κ2) is 4.54. The Morgan fingerprint density at radius 3 is 2.47 bits per heavy atom. The molecule has 0 radical (unpaired) electrons. The fourth-order valence-corrected chi connectivity index (χ4v) is 2.53. The van der Waals surface area contributed by atoms with Crippen LogP contribution >= 0.6 is 0 Å². The van der Waals surface area contributed by atoms with Gasteiger partial charge in [0.15, 0.2) is 5.58 Å². The highest BCUT2D eigenvalue weighted by molar-refractivity contribution is 5.92. The van der Waals surface area contributed by atoms with Crippen LogP contribution in [0.1, 0.15) is 30.9 Å². The summed E-state index contributed by atoms with van der Waals surface area (Å²) in [6.07, 6.45) is 0. The normalized spacial score (nSPS) is 11.4. The van der Waals surface area contributed by atoms with Crippen LogP contribution in [0.5, 0.6) is 0 Å². The van der Waals surface area contributed by atoms with Gasteiger partial charge in [-0.3, -0.25) is 0 Å². The Balaban J connectivity index is 2.22. The molecule has 1 heterocycles. The minimum Gasteiger partial charge on any atom is -0.356 e. The average molecular weight is 251 g/mol. The highest BCUT2D eigenvalue weighted by Gasteiger charge is 2.13. The first-order chi connectivity index (χ1) is 9.16. The van der Waals surface area contributed by atoms with Gasteiger partial charge < -0.3 is 4.52 Å². The molecular formula is C17H17NO. The number of rotatable bonds is 2. The summed E-state index contributed by atoms with van der Waals surface area (Å²) >= 11 is 0. The maximum Gasteiger partial charge on any atom is 0.167 e. The Kier molecular flexibility index (Phi) is 2.86. The van der Waals surface area contributed by atoms with Crippen molar-refractivity contribution in [1.82, 2.24) is 5.16 Å². The van der Waals surface area contributed by atoms with Crippen LogP contribution < -0.4 is 0 Å². The molecule has 3 rings (SSSR count). The van der Waals surface area contributed by atoms with Gasteiger partial charge in [0.05, 0.1) is 0 Å². The van der Waals surface area contributed by atoms with Gasteiger partial charge in [0.1, 0.15) is 5.69 Å². The highest BCUT2D eigenvalue weighted by atomic mass is 16.5. The third kappa shape index (κ3) is 2.03. The molecule has 19 heavy (non-hydrogen) atoms. The molecule has 96 valence electrons. The Morgan fingerprint density at radius 2 is 1.79 bits per heavy atom. The zero-order chi connectivity index (χ0) is 13.4.